The summed E-state index contributed by atoms with van der Waals surface area (Å²) in [5.74, 6) is 0.982. The first-order valence-electron chi connectivity index (χ1n) is 14.9. The summed E-state index contributed by atoms with van der Waals surface area (Å²) >= 11 is 0. The Morgan fingerprint density at radius 3 is 2.26 bits per heavy atom. The van der Waals surface area contributed by atoms with E-state index < -0.39 is 5.41 Å². The smallest absolute Gasteiger partial charge is 0.178 e. The highest BCUT2D eigenvalue weighted by atomic mass is 16.1. The molecule has 38 heavy (non-hydrogen) atoms. The van der Waals surface area contributed by atoms with E-state index in [0.717, 1.165) is 45.1 Å². The highest BCUT2D eigenvalue weighted by molar-refractivity contribution is 6.04. The summed E-state index contributed by atoms with van der Waals surface area (Å²) in [6.45, 7) is 17.1. The Kier molecular flexibility index (Phi) is 6.18. The monoisotopic (exact) mass is 517 g/mol. The van der Waals surface area contributed by atoms with Gasteiger partial charge >= 0.3 is 0 Å². The number of nitrogens with zero attached hydrogens (tertiary/aromatic N) is 2. The van der Waals surface area contributed by atoms with Crippen LogP contribution in [0.2, 0.25) is 0 Å². The molecule has 0 amide bonds. The predicted molar refractivity (Wildman–Crippen MR) is 147 cm³/mol. The molecule has 2 unspecified atom stereocenters. The molecule has 5 heteroatoms. The number of fused-ring (bicyclic) bond motifs is 7. The van der Waals surface area contributed by atoms with Gasteiger partial charge in [0.25, 0.3) is 0 Å². The van der Waals surface area contributed by atoms with Crippen molar-refractivity contribution in [2.24, 2.45) is 56.2 Å². The fourth-order valence-electron chi connectivity index (χ4n) is 11.1. The van der Waals surface area contributed by atoms with E-state index in [2.05, 4.69) is 52.1 Å². The average Bonchev–Trinajstić information content (AvgIpc) is 2.83. The van der Waals surface area contributed by atoms with E-state index in [1.165, 1.54) is 6.42 Å². The van der Waals surface area contributed by atoms with Gasteiger partial charge in [-0.05, 0) is 89.8 Å². The van der Waals surface area contributed by atoms with Gasteiger partial charge in [-0.15, -0.1) is 0 Å². The van der Waals surface area contributed by atoms with Crippen LogP contribution in [0.15, 0.2) is 11.6 Å². The van der Waals surface area contributed by atoms with Crippen LogP contribution in [0.3, 0.4) is 0 Å². The van der Waals surface area contributed by atoms with Crippen molar-refractivity contribution < 1.29 is 9.59 Å². The van der Waals surface area contributed by atoms with E-state index in [1.54, 1.807) is 0 Å². The standard InChI is InChI=1S/C33H47N3O2/c1-28(2)10-12-33(20-36-15-14-34)13-11-32(7)26(22(33)18-28)23(37)16-25-30(5)17-21(19-35)27(38)29(3,4)24(30)8-9-31(25,32)6/h17,22,24-26,36H,8-13,15-16,18,20H2,1-7H3/t22?,24-,25+,26?,30-,31+,32+,33+/m0/s1. The molecule has 5 aliphatic carbocycles. The maximum Gasteiger partial charge on any atom is 0.178 e. The van der Waals surface area contributed by atoms with Gasteiger partial charge in [0.1, 0.15) is 11.9 Å². The Morgan fingerprint density at radius 1 is 0.921 bits per heavy atom. The second-order valence-corrected chi connectivity index (χ2v) is 15.8. The molecule has 0 spiro atoms. The second-order valence-electron chi connectivity index (χ2n) is 15.8. The molecule has 0 aromatic carbocycles. The third kappa shape index (κ3) is 3.49. The van der Waals surface area contributed by atoms with Crippen molar-refractivity contribution in [3.63, 3.8) is 0 Å². The number of nitriles is 2. The summed E-state index contributed by atoms with van der Waals surface area (Å²) in [5.41, 5.74) is -0.544. The second kappa shape index (κ2) is 8.51. The largest absolute Gasteiger partial charge is 0.304 e. The molecule has 5 nitrogen and oxygen atoms in total. The lowest BCUT2D eigenvalue weighted by molar-refractivity contribution is -0.222. The van der Waals surface area contributed by atoms with Crippen molar-refractivity contribution in [3.8, 4) is 12.1 Å². The first-order chi connectivity index (χ1) is 17.6. The molecule has 0 aromatic rings. The number of hydrogen-bond donors (Lipinski definition) is 1. The van der Waals surface area contributed by atoms with Gasteiger partial charge in [-0.2, -0.15) is 10.5 Å². The van der Waals surface area contributed by atoms with Gasteiger partial charge < -0.3 is 5.32 Å². The van der Waals surface area contributed by atoms with Crippen molar-refractivity contribution in [1.29, 1.82) is 10.5 Å². The number of allylic oxidation sites excluding steroid dienone is 2. The van der Waals surface area contributed by atoms with Crippen LogP contribution in [0.4, 0.5) is 0 Å². The molecule has 8 atom stereocenters. The first kappa shape index (κ1) is 27.6. The minimum absolute atomic E-state index is 0.0266. The third-order valence-corrected chi connectivity index (χ3v) is 13.3. The highest BCUT2D eigenvalue weighted by Gasteiger charge is 2.72. The number of hydrogen-bond acceptors (Lipinski definition) is 5. The third-order valence-electron chi connectivity index (χ3n) is 13.3. The zero-order valence-corrected chi connectivity index (χ0v) is 24.7. The summed E-state index contributed by atoms with van der Waals surface area (Å²) in [7, 11) is 0. The van der Waals surface area contributed by atoms with Crippen LogP contribution in [0.25, 0.3) is 0 Å². The minimum Gasteiger partial charge on any atom is -0.304 e. The van der Waals surface area contributed by atoms with Crippen molar-refractivity contribution in [3.05, 3.63) is 11.6 Å². The fraction of sp³-hybridized carbons (Fsp3) is 0.818. The summed E-state index contributed by atoms with van der Waals surface area (Å²) in [5, 5.41) is 22.6. The Labute approximate surface area is 229 Å². The van der Waals surface area contributed by atoms with Crippen LogP contribution < -0.4 is 5.32 Å². The normalized spacial score (nSPS) is 46.8. The van der Waals surface area contributed by atoms with Crippen LogP contribution in [0, 0.1) is 78.8 Å². The van der Waals surface area contributed by atoms with Gasteiger partial charge in [-0.1, -0.05) is 54.5 Å². The quantitative estimate of drug-likeness (QED) is 0.345. The van der Waals surface area contributed by atoms with Gasteiger partial charge in [0.15, 0.2) is 5.78 Å². The molecule has 5 rings (SSSR count). The maximum absolute atomic E-state index is 14.5. The molecular weight excluding hydrogens is 470 g/mol. The summed E-state index contributed by atoms with van der Waals surface area (Å²) in [6, 6.07) is 4.47. The van der Waals surface area contributed by atoms with Crippen molar-refractivity contribution in [1.82, 2.24) is 5.32 Å². The number of carbonyl (C=O) groups excluding carboxylic acids is 2. The zero-order valence-electron chi connectivity index (χ0n) is 24.7. The topological polar surface area (TPSA) is 93.8 Å². The van der Waals surface area contributed by atoms with Gasteiger partial charge in [0.2, 0.25) is 0 Å². The van der Waals surface area contributed by atoms with Crippen LogP contribution in [0.5, 0.6) is 0 Å². The van der Waals surface area contributed by atoms with Gasteiger partial charge in [0, 0.05) is 24.3 Å². The molecule has 4 saturated carbocycles. The summed E-state index contributed by atoms with van der Waals surface area (Å²) < 4.78 is 0. The average molecular weight is 518 g/mol. The van der Waals surface area contributed by atoms with E-state index in [0.29, 0.717) is 24.7 Å². The molecule has 0 heterocycles. The lowest BCUT2D eigenvalue weighted by Gasteiger charge is -2.72. The predicted octanol–water partition coefficient (Wildman–Crippen LogP) is 6.40. The summed E-state index contributed by atoms with van der Waals surface area (Å²) in [6.07, 6.45) is 9.99. The Bertz CT molecular complexity index is 1170. The number of ketones is 2. The number of rotatable bonds is 3. The lowest BCUT2D eigenvalue weighted by atomic mass is 9.31. The molecule has 0 aromatic heterocycles. The Hall–Kier alpha value is -1.98. The molecule has 1 N–H and O–H groups in total. The van der Waals surface area contributed by atoms with E-state index in [9.17, 15) is 20.1 Å². The first-order valence-corrected chi connectivity index (χ1v) is 14.9. The molecule has 0 saturated heterocycles. The van der Waals surface area contributed by atoms with Crippen molar-refractivity contribution in [2.75, 3.05) is 13.1 Å². The van der Waals surface area contributed by atoms with Crippen LogP contribution in [0.1, 0.15) is 99.8 Å². The molecule has 4 fully saturated rings. The van der Waals surface area contributed by atoms with E-state index in [4.69, 9.17) is 0 Å². The molecule has 0 bridgehead atoms. The summed E-state index contributed by atoms with van der Waals surface area (Å²) in [4.78, 5) is 27.8. The van der Waals surface area contributed by atoms with Crippen LogP contribution >= 0.6 is 0 Å². The molecule has 0 aliphatic heterocycles. The van der Waals surface area contributed by atoms with Gasteiger partial charge in [0.05, 0.1) is 18.2 Å². The lowest BCUT2D eigenvalue weighted by Crippen LogP contribution is -2.69. The number of carbonyl (C=O) groups is 2. The van der Waals surface area contributed by atoms with Gasteiger partial charge in [-0.3, -0.25) is 9.59 Å². The van der Waals surface area contributed by atoms with E-state index >= 15 is 0 Å². The molecule has 206 valence electrons. The van der Waals surface area contributed by atoms with Crippen LogP contribution in [-0.4, -0.2) is 24.7 Å². The van der Waals surface area contributed by atoms with Crippen molar-refractivity contribution in [2.45, 2.75) is 99.8 Å². The zero-order chi connectivity index (χ0) is 27.9. The highest BCUT2D eigenvalue weighted by Crippen LogP contribution is 2.75. The minimum atomic E-state index is -0.599. The molecule has 0 radical (unpaired) electrons. The Morgan fingerprint density at radius 2 is 1.61 bits per heavy atom. The maximum atomic E-state index is 14.5. The number of Topliss-reactive ketones (excluding diaryl/α,β-unsaturated/α-hetero) is 2. The SMILES string of the molecule is CC1(C)CC[C@]2(CNCC#N)CC[C@]3(C)C(C(=O)C[C@@H]4[C@@]5(C)C=C(C#N)C(=O)C(C)(C)[C@@H]5CC[C@]43C)C2C1. The van der Waals surface area contributed by atoms with Crippen molar-refractivity contribution >= 4 is 11.6 Å². The molecular formula is C33H47N3O2. The van der Waals surface area contributed by atoms with Gasteiger partial charge in [-0.25, -0.2) is 0 Å². The number of nitrogens with one attached hydrogen (secondary N) is 1. The molecule has 5 aliphatic rings. The van der Waals surface area contributed by atoms with E-state index in [1.807, 2.05) is 19.9 Å². The Balaban J connectivity index is 1.60. The fourth-order valence-corrected chi connectivity index (χ4v) is 11.1. The van der Waals surface area contributed by atoms with E-state index in [-0.39, 0.29) is 56.2 Å². The van der Waals surface area contributed by atoms with Crippen LogP contribution in [-0.2, 0) is 9.59 Å².